The van der Waals surface area contributed by atoms with Crippen molar-refractivity contribution in [3.8, 4) is 0 Å². The Morgan fingerprint density at radius 3 is 2.72 bits per heavy atom. The molecular formula is C25H29N5O2. The van der Waals surface area contributed by atoms with Crippen LogP contribution in [0.2, 0.25) is 0 Å². The molecule has 3 heterocycles. The van der Waals surface area contributed by atoms with Crippen LogP contribution < -0.4 is 10.5 Å². The summed E-state index contributed by atoms with van der Waals surface area (Å²) in [6, 6.07) is 17.3. The molecule has 32 heavy (non-hydrogen) atoms. The van der Waals surface area contributed by atoms with Crippen LogP contribution in [0.15, 0.2) is 71.8 Å². The van der Waals surface area contributed by atoms with Crippen molar-refractivity contribution in [2.75, 3.05) is 31.6 Å². The molecule has 4 rings (SSSR count). The van der Waals surface area contributed by atoms with E-state index in [1.807, 2.05) is 55.6 Å². The molecule has 1 amide bonds. The van der Waals surface area contributed by atoms with Crippen molar-refractivity contribution in [1.82, 2.24) is 19.7 Å². The summed E-state index contributed by atoms with van der Waals surface area (Å²) < 4.78 is 1.47. The third-order valence-corrected chi connectivity index (χ3v) is 5.97. The molecule has 0 spiro atoms. The standard InChI is InChI=1S/C25H29N5O2/c1-28(15-12-22-11-5-6-13-26-22)25(32)21-10-7-14-29(19-21)23-16-24(31)30(27-17-23)18-20-8-3-2-4-9-20/h2-6,8-9,11,13,16-17,21H,7,10,12,14-15,18-19H2,1H3. The zero-order valence-electron chi connectivity index (χ0n) is 18.4. The molecule has 1 saturated heterocycles. The molecule has 1 atom stereocenters. The van der Waals surface area contributed by atoms with E-state index in [4.69, 9.17) is 0 Å². The van der Waals surface area contributed by atoms with Crippen LogP contribution in [-0.2, 0) is 17.8 Å². The van der Waals surface area contributed by atoms with E-state index in [1.165, 1.54) is 4.68 Å². The molecule has 7 nitrogen and oxygen atoms in total. The van der Waals surface area contributed by atoms with E-state index in [1.54, 1.807) is 23.4 Å². The Labute approximate surface area is 188 Å². The molecular weight excluding hydrogens is 402 g/mol. The lowest BCUT2D eigenvalue weighted by molar-refractivity contribution is -0.134. The SMILES string of the molecule is CN(CCc1ccccn1)C(=O)C1CCCN(c2cnn(Cc3ccccc3)c(=O)c2)C1. The maximum Gasteiger partial charge on any atom is 0.269 e. The topological polar surface area (TPSA) is 71.3 Å². The minimum atomic E-state index is -0.132. The number of likely N-dealkylation sites (N-methyl/N-ethyl adjacent to an activating group) is 1. The van der Waals surface area contributed by atoms with Crippen molar-refractivity contribution >= 4 is 11.6 Å². The molecule has 0 bridgehead atoms. The summed E-state index contributed by atoms with van der Waals surface area (Å²) in [5, 5.41) is 4.38. The zero-order valence-corrected chi connectivity index (χ0v) is 18.4. The van der Waals surface area contributed by atoms with Crippen molar-refractivity contribution < 1.29 is 4.79 Å². The van der Waals surface area contributed by atoms with Crippen molar-refractivity contribution in [1.29, 1.82) is 0 Å². The van der Waals surface area contributed by atoms with Crippen LogP contribution in [0.3, 0.4) is 0 Å². The van der Waals surface area contributed by atoms with Gasteiger partial charge in [0.25, 0.3) is 5.56 Å². The first kappa shape index (κ1) is 21.7. The van der Waals surface area contributed by atoms with Gasteiger partial charge in [-0.1, -0.05) is 36.4 Å². The van der Waals surface area contributed by atoms with Crippen LogP contribution in [0.25, 0.3) is 0 Å². The zero-order chi connectivity index (χ0) is 22.3. The summed E-state index contributed by atoms with van der Waals surface area (Å²) in [5.74, 6) is 0.0697. The van der Waals surface area contributed by atoms with E-state index >= 15 is 0 Å². The third kappa shape index (κ3) is 5.41. The van der Waals surface area contributed by atoms with Crippen LogP contribution in [0.4, 0.5) is 5.69 Å². The van der Waals surface area contributed by atoms with E-state index in [2.05, 4.69) is 15.0 Å². The molecule has 0 aliphatic carbocycles. The molecule has 166 valence electrons. The van der Waals surface area contributed by atoms with Crippen molar-refractivity contribution in [2.45, 2.75) is 25.8 Å². The van der Waals surface area contributed by atoms with Crippen LogP contribution in [0.5, 0.6) is 0 Å². The van der Waals surface area contributed by atoms with Gasteiger partial charge in [-0.2, -0.15) is 5.10 Å². The Morgan fingerprint density at radius 2 is 1.97 bits per heavy atom. The maximum atomic E-state index is 13.0. The number of hydrogen-bond acceptors (Lipinski definition) is 5. The van der Waals surface area contributed by atoms with Gasteiger partial charge in [0, 0.05) is 51.1 Å². The molecule has 3 aromatic rings. The summed E-state index contributed by atoms with van der Waals surface area (Å²) in [4.78, 5) is 33.9. The smallest absolute Gasteiger partial charge is 0.269 e. The highest BCUT2D eigenvalue weighted by Crippen LogP contribution is 2.23. The maximum absolute atomic E-state index is 13.0. The molecule has 0 radical (unpaired) electrons. The molecule has 1 aliphatic rings. The summed E-state index contributed by atoms with van der Waals surface area (Å²) in [5.41, 5.74) is 2.67. The minimum absolute atomic E-state index is 0.0794. The van der Waals surface area contributed by atoms with Gasteiger partial charge < -0.3 is 9.80 Å². The van der Waals surface area contributed by atoms with Gasteiger partial charge >= 0.3 is 0 Å². The first-order chi connectivity index (χ1) is 15.6. The summed E-state index contributed by atoms with van der Waals surface area (Å²) in [6.07, 6.45) is 6.03. The van der Waals surface area contributed by atoms with E-state index in [0.717, 1.165) is 42.8 Å². The average molecular weight is 432 g/mol. The number of carbonyl (C=O) groups excluding carboxylic acids is 1. The van der Waals surface area contributed by atoms with Crippen LogP contribution >= 0.6 is 0 Å². The first-order valence-electron chi connectivity index (χ1n) is 11.1. The number of benzene rings is 1. The Balaban J connectivity index is 1.37. The number of anilines is 1. The fourth-order valence-electron chi connectivity index (χ4n) is 4.14. The van der Waals surface area contributed by atoms with Crippen molar-refractivity contribution in [3.63, 3.8) is 0 Å². The molecule has 2 aromatic heterocycles. The lowest BCUT2D eigenvalue weighted by atomic mass is 9.96. The van der Waals surface area contributed by atoms with Gasteiger partial charge in [0.15, 0.2) is 0 Å². The molecule has 7 heteroatoms. The predicted molar refractivity (Wildman–Crippen MR) is 125 cm³/mol. The third-order valence-electron chi connectivity index (χ3n) is 5.97. The predicted octanol–water partition coefficient (Wildman–Crippen LogP) is 2.60. The lowest BCUT2D eigenvalue weighted by Gasteiger charge is -2.35. The number of carbonyl (C=O) groups is 1. The fourth-order valence-corrected chi connectivity index (χ4v) is 4.14. The second-order valence-electron chi connectivity index (χ2n) is 8.31. The Bertz CT molecular complexity index is 1080. The molecule has 1 unspecified atom stereocenters. The molecule has 0 saturated carbocycles. The van der Waals surface area contributed by atoms with E-state index in [0.29, 0.717) is 19.6 Å². The van der Waals surface area contributed by atoms with Crippen LogP contribution in [0.1, 0.15) is 24.1 Å². The number of aromatic nitrogens is 3. The number of pyridine rings is 1. The quantitative estimate of drug-likeness (QED) is 0.575. The first-order valence-corrected chi connectivity index (χ1v) is 11.1. The highest BCUT2D eigenvalue weighted by molar-refractivity contribution is 5.79. The second kappa shape index (κ2) is 10.2. The number of amides is 1. The monoisotopic (exact) mass is 431 g/mol. The lowest BCUT2D eigenvalue weighted by Crippen LogP contribution is -2.44. The second-order valence-corrected chi connectivity index (χ2v) is 8.31. The van der Waals surface area contributed by atoms with E-state index < -0.39 is 0 Å². The van der Waals surface area contributed by atoms with E-state index in [-0.39, 0.29) is 17.4 Å². The minimum Gasteiger partial charge on any atom is -0.369 e. The normalized spacial score (nSPS) is 16.0. The fraction of sp³-hybridized carbons (Fsp3) is 0.360. The number of nitrogens with zero attached hydrogens (tertiary/aromatic N) is 5. The number of hydrogen-bond donors (Lipinski definition) is 0. The van der Waals surface area contributed by atoms with Crippen LogP contribution in [0, 0.1) is 5.92 Å². The highest BCUT2D eigenvalue weighted by atomic mass is 16.2. The van der Waals surface area contributed by atoms with Crippen molar-refractivity contribution in [2.24, 2.45) is 5.92 Å². The molecule has 1 aliphatic heterocycles. The Hall–Kier alpha value is -3.48. The van der Waals surface area contributed by atoms with Crippen molar-refractivity contribution in [3.05, 3.63) is 88.6 Å². The number of piperidine rings is 1. The van der Waals surface area contributed by atoms with Crippen LogP contribution in [-0.4, -0.2) is 52.3 Å². The van der Waals surface area contributed by atoms with E-state index in [9.17, 15) is 9.59 Å². The van der Waals surface area contributed by atoms with Gasteiger partial charge in [-0.25, -0.2) is 4.68 Å². The summed E-state index contributed by atoms with van der Waals surface area (Å²) in [7, 11) is 1.86. The molecule has 0 N–H and O–H groups in total. The summed E-state index contributed by atoms with van der Waals surface area (Å²) in [6.45, 7) is 2.52. The highest BCUT2D eigenvalue weighted by Gasteiger charge is 2.28. The van der Waals surface area contributed by atoms with Gasteiger partial charge in [0.05, 0.1) is 24.3 Å². The van der Waals surface area contributed by atoms with Gasteiger partial charge in [0.2, 0.25) is 5.91 Å². The van der Waals surface area contributed by atoms with Gasteiger partial charge in [-0.3, -0.25) is 14.6 Å². The molecule has 1 fully saturated rings. The summed E-state index contributed by atoms with van der Waals surface area (Å²) >= 11 is 0. The molecule has 1 aromatic carbocycles. The largest absolute Gasteiger partial charge is 0.369 e. The number of rotatable bonds is 7. The van der Waals surface area contributed by atoms with Gasteiger partial charge in [-0.05, 0) is 30.5 Å². The Kier molecular flexibility index (Phi) is 6.94. The average Bonchev–Trinajstić information content (AvgIpc) is 2.84. The Morgan fingerprint density at radius 1 is 1.16 bits per heavy atom. The van der Waals surface area contributed by atoms with Gasteiger partial charge in [0.1, 0.15) is 0 Å². The van der Waals surface area contributed by atoms with Gasteiger partial charge in [-0.15, -0.1) is 0 Å².